The summed E-state index contributed by atoms with van der Waals surface area (Å²) in [5.41, 5.74) is 1.52. The van der Waals surface area contributed by atoms with Crippen molar-refractivity contribution in [2.24, 2.45) is 46.3 Å². The maximum atomic E-state index is 11.9. The summed E-state index contributed by atoms with van der Waals surface area (Å²) in [5, 5.41) is 95.4. The zero-order valence-electron chi connectivity index (χ0n) is 35.4. The zero-order valence-corrected chi connectivity index (χ0v) is 35.4. The maximum absolute atomic E-state index is 11.9. The van der Waals surface area contributed by atoms with E-state index in [1.807, 2.05) is 0 Å². The van der Waals surface area contributed by atoms with Crippen molar-refractivity contribution in [1.82, 2.24) is 0 Å². The van der Waals surface area contributed by atoms with E-state index in [0.717, 1.165) is 51.6 Å². The Bertz CT molecular complexity index is 1560. The Morgan fingerprint density at radius 1 is 0.733 bits per heavy atom. The summed E-state index contributed by atoms with van der Waals surface area (Å²) in [5.74, 6) is 2.61. The average Bonchev–Trinajstić information content (AvgIpc) is 3.68. The predicted molar refractivity (Wildman–Crippen MR) is 208 cm³/mol. The number of rotatable bonds is 7. The van der Waals surface area contributed by atoms with Crippen LogP contribution in [0.4, 0.5) is 0 Å². The van der Waals surface area contributed by atoms with E-state index in [9.17, 15) is 46.0 Å². The molecule has 16 nitrogen and oxygen atoms in total. The third-order valence-corrected chi connectivity index (χ3v) is 17.5. The molecule has 4 aliphatic heterocycles. The molecule has 9 N–H and O–H groups in total. The largest absolute Gasteiger partial charge is 0.394 e. The summed E-state index contributed by atoms with van der Waals surface area (Å²) in [6.07, 6.45) is -10.2. The van der Waals surface area contributed by atoms with Crippen molar-refractivity contribution >= 4 is 0 Å². The SMILES string of the molecule is CC1CCC2(OC1)OC1CC3C4CC=C5CC(OC6OC(CO)C(OC7OCC(O)C(O)C7O)C(O)C6OC6CC(O)C(O)C(O)C6O)CCC5(C)C4CCC3(C)C1C2C. The van der Waals surface area contributed by atoms with Gasteiger partial charge in [0.05, 0.1) is 44.2 Å². The number of ether oxygens (including phenoxy) is 7. The zero-order chi connectivity index (χ0) is 42.6. The molecule has 9 rings (SSSR count). The third kappa shape index (κ3) is 7.19. The molecule has 60 heavy (non-hydrogen) atoms. The van der Waals surface area contributed by atoms with E-state index in [0.29, 0.717) is 48.3 Å². The molecule has 5 aliphatic carbocycles. The minimum Gasteiger partial charge on any atom is -0.394 e. The lowest BCUT2D eigenvalue weighted by atomic mass is 9.47. The van der Waals surface area contributed by atoms with Crippen LogP contribution in [0.3, 0.4) is 0 Å². The lowest BCUT2D eigenvalue weighted by molar-refractivity contribution is -0.365. The molecule has 4 heterocycles. The van der Waals surface area contributed by atoms with Gasteiger partial charge in [0.2, 0.25) is 0 Å². The van der Waals surface area contributed by atoms with Gasteiger partial charge in [0, 0.05) is 18.8 Å². The molecule has 9 aliphatic rings. The minimum atomic E-state index is -1.74. The van der Waals surface area contributed by atoms with Crippen molar-refractivity contribution in [3.8, 4) is 0 Å². The predicted octanol–water partition coefficient (Wildman–Crippen LogP) is 0.242. The Morgan fingerprint density at radius 3 is 2.23 bits per heavy atom. The number of hydrogen-bond donors (Lipinski definition) is 9. The number of hydrogen-bond acceptors (Lipinski definition) is 16. The second kappa shape index (κ2) is 16.5. The van der Waals surface area contributed by atoms with Crippen LogP contribution < -0.4 is 0 Å². The van der Waals surface area contributed by atoms with E-state index in [4.69, 9.17) is 33.2 Å². The Hall–Kier alpha value is -0.900. The molecule has 0 aromatic rings. The number of allylic oxidation sites excluding steroid dienone is 1. The van der Waals surface area contributed by atoms with Gasteiger partial charge in [0.25, 0.3) is 0 Å². The van der Waals surface area contributed by atoms with Crippen LogP contribution >= 0.6 is 0 Å². The van der Waals surface area contributed by atoms with Crippen molar-refractivity contribution in [3.05, 3.63) is 11.6 Å². The van der Waals surface area contributed by atoms with E-state index in [1.54, 1.807) is 0 Å². The molecule has 0 amide bonds. The number of fused-ring (bicyclic) bond motifs is 7. The highest BCUT2D eigenvalue weighted by atomic mass is 16.7. The van der Waals surface area contributed by atoms with Gasteiger partial charge in [-0.2, -0.15) is 0 Å². The van der Waals surface area contributed by atoms with Crippen LogP contribution in [0.2, 0.25) is 0 Å². The van der Waals surface area contributed by atoms with Gasteiger partial charge in [-0.05, 0) is 91.8 Å². The molecule has 16 heteroatoms. The van der Waals surface area contributed by atoms with E-state index >= 15 is 0 Å². The quantitative estimate of drug-likeness (QED) is 0.156. The first-order chi connectivity index (χ1) is 28.5. The van der Waals surface area contributed by atoms with Crippen LogP contribution in [0.15, 0.2) is 11.6 Å². The average molecular weight is 855 g/mol. The molecule has 0 aromatic carbocycles. The lowest BCUT2D eigenvalue weighted by Crippen LogP contribution is -2.66. The van der Waals surface area contributed by atoms with E-state index in [-0.39, 0.29) is 36.1 Å². The number of aliphatic hydroxyl groups excluding tert-OH is 9. The highest BCUT2D eigenvalue weighted by Gasteiger charge is 2.69. The first kappa shape index (κ1) is 44.3. The summed E-state index contributed by atoms with van der Waals surface area (Å²) in [4.78, 5) is 0. The Labute approximate surface area is 352 Å². The van der Waals surface area contributed by atoms with Gasteiger partial charge < -0.3 is 79.1 Å². The third-order valence-electron chi connectivity index (χ3n) is 17.5. The molecule has 25 atom stereocenters. The minimum absolute atomic E-state index is 0.0220. The molecule has 0 radical (unpaired) electrons. The fourth-order valence-corrected chi connectivity index (χ4v) is 14.0. The summed E-state index contributed by atoms with van der Waals surface area (Å²) in [7, 11) is 0. The first-order valence-electron chi connectivity index (χ1n) is 22.8. The van der Waals surface area contributed by atoms with Crippen LogP contribution in [-0.4, -0.2) is 170 Å². The molecule has 4 saturated heterocycles. The molecule has 0 bridgehead atoms. The van der Waals surface area contributed by atoms with E-state index < -0.39 is 98.2 Å². The van der Waals surface area contributed by atoms with Crippen LogP contribution in [0.25, 0.3) is 0 Å². The van der Waals surface area contributed by atoms with Crippen LogP contribution in [0.5, 0.6) is 0 Å². The Kier molecular flexibility index (Phi) is 12.2. The molecule has 342 valence electrons. The van der Waals surface area contributed by atoms with E-state index in [2.05, 4.69) is 33.8 Å². The van der Waals surface area contributed by atoms with Gasteiger partial charge in [-0.15, -0.1) is 0 Å². The molecule has 4 saturated carbocycles. The van der Waals surface area contributed by atoms with Crippen molar-refractivity contribution in [2.45, 2.75) is 196 Å². The Morgan fingerprint density at radius 2 is 1.50 bits per heavy atom. The molecule has 1 spiro atoms. The summed E-state index contributed by atoms with van der Waals surface area (Å²) in [6.45, 7) is 9.35. The van der Waals surface area contributed by atoms with Crippen molar-refractivity contribution in [1.29, 1.82) is 0 Å². The van der Waals surface area contributed by atoms with Gasteiger partial charge in [0.15, 0.2) is 18.4 Å². The Balaban J connectivity index is 0.913. The maximum Gasteiger partial charge on any atom is 0.187 e. The van der Waals surface area contributed by atoms with Crippen LogP contribution in [-0.2, 0) is 33.2 Å². The van der Waals surface area contributed by atoms with Gasteiger partial charge in [-0.3, -0.25) is 0 Å². The molecule has 8 fully saturated rings. The molecule has 0 aromatic heterocycles. The summed E-state index contributed by atoms with van der Waals surface area (Å²) < 4.78 is 44.1. The normalized spacial score (nSPS) is 57.9. The van der Waals surface area contributed by atoms with Crippen LogP contribution in [0.1, 0.15) is 91.9 Å². The van der Waals surface area contributed by atoms with Crippen molar-refractivity contribution < 1.29 is 79.1 Å². The highest BCUT2D eigenvalue weighted by Crippen LogP contribution is 2.70. The van der Waals surface area contributed by atoms with Gasteiger partial charge in [-0.25, -0.2) is 0 Å². The first-order valence-corrected chi connectivity index (χ1v) is 22.8. The van der Waals surface area contributed by atoms with E-state index in [1.165, 1.54) is 5.57 Å². The second-order valence-corrected chi connectivity index (χ2v) is 20.8. The fourth-order valence-electron chi connectivity index (χ4n) is 14.0. The second-order valence-electron chi connectivity index (χ2n) is 20.8. The molecular formula is C44H70O16. The monoisotopic (exact) mass is 854 g/mol. The topological polar surface area (TPSA) is 247 Å². The van der Waals surface area contributed by atoms with Crippen molar-refractivity contribution in [3.63, 3.8) is 0 Å². The smallest absolute Gasteiger partial charge is 0.187 e. The lowest BCUT2D eigenvalue weighted by Gasteiger charge is -2.59. The van der Waals surface area contributed by atoms with Gasteiger partial charge in [-0.1, -0.05) is 39.3 Å². The number of aliphatic hydroxyl groups is 9. The standard InChI is InChI=1S/C44H70O16/c1-19-7-12-44(55-17-19)20(2)31-28(60-44)14-25-23-6-5-21-13-22(8-10-42(21,3)24(23)9-11-43(25,31)4)56-41-39(57-29-15-26(46)32(48)35(51)34(29)50)37(53)38(30(16-45)58-41)59-40-36(52)33(49)27(47)18-54-40/h5,19-20,22-41,45-53H,6-18H2,1-4H3. The van der Waals surface area contributed by atoms with Crippen molar-refractivity contribution in [2.75, 3.05) is 19.8 Å². The van der Waals surface area contributed by atoms with Gasteiger partial charge in [0.1, 0.15) is 61.0 Å². The van der Waals surface area contributed by atoms with Gasteiger partial charge >= 0.3 is 0 Å². The summed E-state index contributed by atoms with van der Waals surface area (Å²) in [6, 6.07) is 0. The summed E-state index contributed by atoms with van der Waals surface area (Å²) >= 11 is 0. The molecule has 25 unspecified atom stereocenters. The fraction of sp³-hybridized carbons (Fsp3) is 0.955. The van der Waals surface area contributed by atoms with Crippen LogP contribution in [0, 0.1) is 46.3 Å². The molecular weight excluding hydrogens is 784 g/mol. The highest BCUT2D eigenvalue weighted by molar-refractivity contribution is 5.26.